The normalized spacial score (nSPS) is 10.2. The van der Waals surface area contributed by atoms with Gasteiger partial charge in [0.1, 0.15) is 11.5 Å². The van der Waals surface area contributed by atoms with Gasteiger partial charge in [-0.1, -0.05) is 0 Å². The molecule has 0 unspecified atom stereocenters. The number of ether oxygens (including phenoxy) is 1. The molecule has 0 saturated heterocycles. The minimum Gasteiger partial charge on any atom is -0.480 e. The van der Waals surface area contributed by atoms with E-state index in [1.807, 2.05) is 6.92 Å². The molecule has 0 saturated carbocycles. The maximum atomic E-state index is 11.8. The van der Waals surface area contributed by atoms with Crippen molar-refractivity contribution in [2.45, 2.75) is 19.8 Å². The summed E-state index contributed by atoms with van der Waals surface area (Å²) in [6, 6.07) is 3.49. The van der Waals surface area contributed by atoms with E-state index in [9.17, 15) is 4.79 Å². The van der Waals surface area contributed by atoms with E-state index in [-0.39, 0.29) is 5.91 Å². The lowest BCUT2D eigenvalue weighted by atomic mass is 10.2. The predicted molar refractivity (Wildman–Crippen MR) is 71.1 cm³/mol. The zero-order valence-electron chi connectivity index (χ0n) is 10.9. The van der Waals surface area contributed by atoms with Crippen LogP contribution in [0.4, 0.5) is 5.69 Å². The number of hydrogen-bond donors (Lipinski definition) is 2. The molecule has 0 spiro atoms. The summed E-state index contributed by atoms with van der Waals surface area (Å²) < 4.78 is 5.07. The molecule has 2 aromatic heterocycles. The van der Waals surface area contributed by atoms with E-state index in [0.29, 0.717) is 24.4 Å². The van der Waals surface area contributed by atoms with Crippen molar-refractivity contribution < 1.29 is 9.53 Å². The molecule has 0 radical (unpaired) electrons. The van der Waals surface area contributed by atoms with Gasteiger partial charge in [0.2, 0.25) is 11.8 Å². The molecule has 0 atom stereocenters. The Kier molecular flexibility index (Phi) is 4.12. The van der Waals surface area contributed by atoms with Crippen molar-refractivity contribution in [1.29, 1.82) is 0 Å². The largest absolute Gasteiger partial charge is 0.480 e. The summed E-state index contributed by atoms with van der Waals surface area (Å²) >= 11 is 0. The van der Waals surface area contributed by atoms with Gasteiger partial charge in [0.05, 0.1) is 7.11 Å². The molecule has 0 aliphatic carbocycles. The van der Waals surface area contributed by atoms with Crippen LogP contribution < -0.4 is 10.1 Å². The summed E-state index contributed by atoms with van der Waals surface area (Å²) in [6.07, 6.45) is 4.28. The molecule has 0 aliphatic rings. The van der Waals surface area contributed by atoms with Gasteiger partial charge < -0.3 is 15.0 Å². The van der Waals surface area contributed by atoms with Crippen LogP contribution in [-0.4, -0.2) is 28.0 Å². The van der Waals surface area contributed by atoms with Crippen LogP contribution in [0.1, 0.15) is 17.9 Å². The van der Waals surface area contributed by atoms with Crippen molar-refractivity contribution in [1.82, 2.24) is 15.0 Å². The number of anilines is 1. The van der Waals surface area contributed by atoms with Crippen molar-refractivity contribution in [2.75, 3.05) is 12.4 Å². The van der Waals surface area contributed by atoms with Crippen LogP contribution in [-0.2, 0) is 11.2 Å². The summed E-state index contributed by atoms with van der Waals surface area (Å²) in [6.45, 7) is 1.93. The lowest BCUT2D eigenvalue weighted by molar-refractivity contribution is -0.116. The second kappa shape index (κ2) is 5.99. The molecule has 2 aromatic rings. The van der Waals surface area contributed by atoms with Crippen molar-refractivity contribution in [3.63, 3.8) is 0 Å². The van der Waals surface area contributed by atoms with Crippen LogP contribution >= 0.6 is 0 Å². The maximum absolute atomic E-state index is 11.8. The first-order chi connectivity index (χ1) is 9.19. The molecule has 6 heteroatoms. The second-order valence-corrected chi connectivity index (χ2v) is 4.12. The molecule has 19 heavy (non-hydrogen) atoms. The van der Waals surface area contributed by atoms with Gasteiger partial charge in [-0.25, -0.2) is 9.97 Å². The Morgan fingerprint density at radius 3 is 3.00 bits per heavy atom. The third-order valence-electron chi connectivity index (χ3n) is 2.58. The summed E-state index contributed by atoms with van der Waals surface area (Å²) in [5.41, 5.74) is 1.56. The molecule has 0 fully saturated rings. The smallest absolute Gasteiger partial charge is 0.237 e. The number of H-pyrrole nitrogens is 1. The fraction of sp³-hybridized carbons (Fsp3) is 0.308. The van der Waals surface area contributed by atoms with Crippen molar-refractivity contribution in [3.05, 3.63) is 36.0 Å². The van der Waals surface area contributed by atoms with Crippen molar-refractivity contribution in [2.24, 2.45) is 0 Å². The molecule has 6 nitrogen and oxygen atoms in total. The zero-order valence-corrected chi connectivity index (χ0v) is 10.9. The highest BCUT2D eigenvalue weighted by Gasteiger charge is 2.08. The molecule has 1 amide bonds. The topological polar surface area (TPSA) is 79.9 Å². The lowest BCUT2D eigenvalue weighted by Gasteiger charge is -2.08. The number of carbonyl (C=O) groups is 1. The number of aryl methyl sites for hydroxylation is 2. The van der Waals surface area contributed by atoms with Crippen LogP contribution in [0.5, 0.6) is 5.88 Å². The Morgan fingerprint density at radius 2 is 2.32 bits per heavy atom. The van der Waals surface area contributed by atoms with Gasteiger partial charge in [-0.05, 0) is 19.1 Å². The molecule has 0 bridgehead atoms. The number of imidazole rings is 1. The lowest BCUT2D eigenvalue weighted by Crippen LogP contribution is -2.13. The Hall–Kier alpha value is -2.37. The van der Waals surface area contributed by atoms with E-state index in [0.717, 1.165) is 11.5 Å². The Morgan fingerprint density at radius 1 is 1.47 bits per heavy atom. The number of pyridine rings is 1. The Bertz CT molecular complexity index is 565. The molecular weight excluding hydrogens is 244 g/mol. The highest BCUT2D eigenvalue weighted by atomic mass is 16.5. The molecule has 2 N–H and O–H groups in total. The van der Waals surface area contributed by atoms with E-state index in [4.69, 9.17) is 4.74 Å². The minimum atomic E-state index is -0.0969. The quantitative estimate of drug-likeness (QED) is 0.857. The number of methoxy groups -OCH3 is 1. The van der Waals surface area contributed by atoms with E-state index in [2.05, 4.69) is 20.3 Å². The number of hydrogen-bond acceptors (Lipinski definition) is 4. The molecule has 2 rings (SSSR count). The van der Waals surface area contributed by atoms with E-state index >= 15 is 0 Å². The number of rotatable bonds is 5. The summed E-state index contributed by atoms with van der Waals surface area (Å²) in [5.74, 6) is 1.12. The minimum absolute atomic E-state index is 0.0969. The average molecular weight is 260 g/mol. The van der Waals surface area contributed by atoms with Crippen LogP contribution in [0.15, 0.2) is 24.5 Å². The summed E-state index contributed by atoms with van der Waals surface area (Å²) in [7, 11) is 1.52. The first kappa shape index (κ1) is 13.1. The monoisotopic (exact) mass is 260 g/mol. The van der Waals surface area contributed by atoms with Crippen LogP contribution in [0.2, 0.25) is 0 Å². The summed E-state index contributed by atoms with van der Waals surface area (Å²) in [5, 5.41) is 2.77. The van der Waals surface area contributed by atoms with Gasteiger partial charge in [-0.3, -0.25) is 4.79 Å². The van der Waals surface area contributed by atoms with E-state index in [1.165, 1.54) is 7.11 Å². The van der Waals surface area contributed by atoms with Gasteiger partial charge in [0.25, 0.3) is 0 Å². The van der Waals surface area contributed by atoms with Crippen LogP contribution in [0.3, 0.4) is 0 Å². The number of nitrogens with one attached hydrogen (secondary N) is 2. The third kappa shape index (κ3) is 3.54. The highest BCUT2D eigenvalue weighted by molar-refractivity contribution is 5.91. The first-order valence-electron chi connectivity index (χ1n) is 5.98. The van der Waals surface area contributed by atoms with Crippen molar-refractivity contribution in [3.8, 4) is 5.88 Å². The fourth-order valence-corrected chi connectivity index (χ4v) is 1.69. The van der Waals surface area contributed by atoms with Gasteiger partial charge in [0, 0.05) is 30.9 Å². The number of nitrogens with zero attached hydrogens (tertiary/aromatic N) is 2. The van der Waals surface area contributed by atoms with E-state index < -0.39 is 0 Å². The van der Waals surface area contributed by atoms with Gasteiger partial charge >= 0.3 is 0 Å². The van der Waals surface area contributed by atoms with Gasteiger partial charge in [0.15, 0.2) is 0 Å². The maximum Gasteiger partial charge on any atom is 0.237 e. The SMILES string of the molecule is COc1ncccc1NC(=O)CCc1ncc(C)[nH]1. The van der Waals surface area contributed by atoms with E-state index in [1.54, 1.807) is 24.5 Å². The number of amides is 1. The first-order valence-corrected chi connectivity index (χ1v) is 5.98. The summed E-state index contributed by atoms with van der Waals surface area (Å²) in [4.78, 5) is 23.1. The predicted octanol–water partition coefficient (Wildman–Crippen LogP) is 1.69. The Labute approximate surface area is 111 Å². The van der Waals surface area contributed by atoms with Crippen molar-refractivity contribution >= 4 is 11.6 Å². The molecule has 2 heterocycles. The Balaban J connectivity index is 1.90. The second-order valence-electron chi connectivity index (χ2n) is 4.12. The zero-order chi connectivity index (χ0) is 13.7. The fourth-order valence-electron chi connectivity index (χ4n) is 1.69. The van der Waals surface area contributed by atoms with Gasteiger partial charge in [-0.15, -0.1) is 0 Å². The molecular formula is C13H16N4O2. The number of aromatic amines is 1. The molecule has 0 aliphatic heterocycles. The van der Waals surface area contributed by atoms with Gasteiger partial charge in [-0.2, -0.15) is 0 Å². The average Bonchev–Trinajstić information content (AvgIpc) is 2.83. The molecule has 100 valence electrons. The standard InChI is InChI=1S/C13H16N4O2/c1-9-8-15-11(16-9)5-6-12(18)17-10-4-3-7-14-13(10)19-2/h3-4,7-8H,5-6H2,1-2H3,(H,15,16)(H,17,18). The highest BCUT2D eigenvalue weighted by Crippen LogP contribution is 2.19. The molecule has 0 aromatic carbocycles. The third-order valence-corrected chi connectivity index (χ3v) is 2.58. The number of carbonyl (C=O) groups excluding carboxylic acids is 1. The number of aromatic nitrogens is 3. The van der Waals surface area contributed by atoms with Crippen LogP contribution in [0.25, 0.3) is 0 Å². The van der Waals surface area contributed by atoms with Crippen LogP contribution in [0, 0.1) is 6.92 Å².